The van der Waals surface area contributed by atoms with E-state index < -0.39 is 23.4 Å². The molecule has 6 heteroatoms. The Kier molecular flexibility index (Phi) is 4.51. The molecule has 0 unspecified atom stereocenters. The third kappa shape index (κ3) is 3.38. The summed E-state index contributed by atoms with van der Waals surface area (Å²) in [6, 6.07) is 0.345. The van der Waals surface area contributed by atoms with Crippen LogP contribution in [0.5, 0.6) is 0 Å². The van der Waals surface area contributed by atoms with Gasteiger partial charge >= 0.3 is 6.18 Å². The number of anilines is 1. The van der Waals surface area contributed by atoms with Gasteiger partial charge in [0.2, 0.25) is 0 Å². The van der Waals surface area contributed by atoms with E-state index in [2.05, 4.69) is 4.98 Å². The van der Waals surface area contributed by atoms with Crippen LogP contribution in [0.15, 0.2) is 6.07 Å². The maximum Gasteiger partial charge on any atom is 0.418 e. The van der Waals surface area contributed by atoms with Gasteiger partial charge in [0.15, 0.2) is 11.6 Å². The Hall–Kier alpha value is -1.33. The molecule has 0 bridgehead atoms. The molecule has 0 atom stereocenters. The van der Waals surface area contributed by atoms with Gasteiger partial charge in [-0.1, -0.05) is 13.8 Å². The first-order chi connectivity index (χ1) is 6.82. The molecule has 1 aromatic heterocycles. The van der Waals surface area contributed by atoms with Gasteiger partial charge in [0.05, 0.1) is 11.3 Å². The van der Waals surface area contributed by atoms with Gasteiger partial charge in [-0.05, 0) is 13.0 Å². The summed E-state index contributed by atoms with van der Waals surface area (Å²) in [6.45, 7) is 5.12. The standard InChI is InChI=1S/C7H6F4N2.C2H6/c1-3-4(7(9,10)11)2-5(8)6(12)13-3;1-2/h2H,1H3,(H2,12,13);1-2H3. The molecule has 0 aromatic carbocycles. The van der Waals surface area contributed by atoms with Crippen molar-refractivity contribution in [3.8, 4) is 0 Å². The van der Waals surface area contributed by atoms with Crippen LogP contribution in [0.4, 0.5) is 23.4 Å². The maximum atomic E-state index is 12.6. The van der Waals surface area contributed by atoms with Crippen LogP contribution >= 0.6 is 0 Å². The van der Waals surface area contributed by atoms with Crippen molar-refractivity contribution in [2.45, 2.75) is 26.9 Å². The Labute approximate surface area is 85.1 Å². The molecule has 0 fully saturated rings. The average molecular weight is 224 g/mol. The molecule has 0 aliphatic rings. The number of rotatable bonds is 0. The van der Waals surface area contributed by atoms with E-state index in [9.17, 15) is 17.6 Å². The second-order valence-electron chi connectivity index (χ2n) is 2.49. The van der Waals surface area contributed by atoms with Crippen molar-refractivity contribution in [3.63, 3.8) is 0 Å². The van der Waals surface area contributed by atoms with Crippen molar-refractivity contribution in [2.75, 3.05) is 5.73 Å². The number of pyridine rings is 1. The van der Waals surface area contributed by atoms with Gasteiger partial charge in [0.1, 0.15) is 0 Å². The fourth-order valence-corrected chi connectivity index (χ4v) is 0.886. The minimum Gasteiger partial charge on any atom is -0.381 e. The van der Waals surface area contributed by atoms with Crippen molar-refractivity contribution in [2.24, 2.45) is 0 Å². The van der Waals surface area contributed by atoms with Gasteiger partial charge in [0, 0.05) is 0 Å². The second kappa shape index (κ2) is 4.95. The molecule has 2 N–H and O–H groups in total. The Balaban J connectivity index is 0.000000921. The highest BCUT2D eigenvalue weighted by Gasteiger charge is 2.33. The summed E-state index contributed by atoms with van der Waals surface area (Å²) in [4.78, 5) is 3.22. The van der Waals surface area contributed by atoms with Crippen LogP contribution in [0.1, 0.15) is 25.1 Å². The molecule has 0 radical (unpaired) electrons. The fourth-order valence-electron chi connectivity index (χ4n) is 0.886. The Morgan fingerprint density at radius 1 is 1.27 bits per heavy atom. The summed E-state index contributed by atoms with van der Waals surface area (Å²) in [5, 5.41) is 0. The SMILES string of the molecule is CC.Cc1nc(N)c(F)cc1C(F)(F)F. The first-order valence-corrected chi connectivity index (χ1v) is 4.32. The molecular weight excluding hydrogens is 212 g/mol. The van der Waals surface area contributed by atoms with E-state index in [1.165, 1.54) is 0 Å². The molecule has 2 nitrogen and oxygen atoms in total. The minimum absolute atomic E-state index is 0.327. The van der Waals surface area contributed by atoms with E-state index >= 15 is 0 Å². The molecule has 1 rings (SSSR count). The number of aryl methyl sites for hydroxylation is 1. The molecular formula is C9H12F4N2. The van der Waals surface area contributed by atoms with E-state index in [1.54, 1.807) is 0 Å². The lowest BCUT2D eigenvalue weighted by Gasteiger charge is -2.09. The zero-order valence-electron chi connectivity index (χ0n) is 8.61. The summed E-state index contributed by atoms with van der Waals surface area (Å²) in [5.41, 5.74) is 3.55. The third-order valence-electron chi connectivity index (χ3n) is 1.50. The fraction of sp³-hybridized carbons (Fsp3) is 0.444. The highest BCUT2D eigenvalue weighted by atomic mass is 19.4. The van der Waals surface area contributed by atoms with Crippen molar-refractivity contribution in [3.05, 3.63) is 23.1 Å². The number of hydrogen-bond acceptors (Lipinski definition) is 2. The third-order valence-corrected chi connectivity index (χ3v) is 1.50. The van der Waals surface area contributed by atoms with E-state index in [1.807, 2.05) is 13.8 Å². The lowest BCUT2D eigenvalue weighted by atomic mass is 10.2. The first-order valence-electron chi connectivity index (χ1n) is 4.32. The quantitative estimate of drug-likeness (QED) is 0.687. The zero-order valence-corrected chi connectivity index (χ0v) is 8.61. The molecule has 0 amide bonds. The molecule has 1 aromatic rings. The van der Waals surface area contributed by atoms with Crippen LogP contribution in [-0.2, 0) is 6.18 Å². The normalized spacial score (nSPS) is 10.6. The Morgan fingerprint density at radius 2 is 1.73 bits per heavy atom. The lowest BCUT2D eigenvalue weighted by Crippen LogP contribution is -2.11. The summed E-state index contributed by atoms with van der Waals surface area (Å²) < 4.78 is 48.9. The van der Waals surface area contributed by atoms with Crippen LogP contribution in [0.3, 0.4) is 0 Å². The Bertz CT molecular complexity index is 334. The predicted molar refractivity (Wildman–Crippen MR) is 49.7 cm³/mol. The smallest absolute Gasteiger partial charge is 0.381 e. The zero-order chi connectivity index (χ0) is 12.2. The monoisotopic (exact) mass is 224 g/mol. The van der Waals surface area contributed by atoms with Crippen LogP contribution in [0, 0.1) is 12.7 Å². The molecule has 86 valence electrons. The Morgan fingerprint density at radius 3 is 2.13 bits per heavy atom. The van der Waals surface area contributed by atoms with Gasteiger partial charge in [-0.15, -0.1) is 0 Å². The summed E-state index contributed by atoms with van der Waals surface area (Å²) in [6.07, 6.45) is -4.59. The number of aromatic nitrogens is 1. The van der Waals surface area contributed by atoms with E-state index in [0.29, 0.717) is 6.07 Å². The topological polar surface area (TPSA) is 38.9 Å². The molecule has 0 aliphatic carbocycles. The summed E-state index contributed by atoms with van der Waals surface area (Å²) in [5.74, 6) is -1.68. The number of hydrogen-bond donors (Lipinski definition) is 1. The largest absolute Gasteiger partial charge is 0.418 e. The minimum atomic E-state index is -4.59. The second-order valence-corrected chi connectivity index (χ2v) is 2.49. The van der Waals surface area contributed by atoms with Crippen LogP contribution in [0.25, 0.3) is 0 Å². The van der Waals surface area contributed by atoms with Crippen LogP contribution in [0.2, 0.25) is 0 Å². The van der Waals surface area contributed by atoms with Gasteiger partial charge in [-0.2, -0.15) is 13.2 Å². The van der Waals surface area contributed by atoms with E-state index in [4.69, 9.17) is 5.73 Å². The number of nitrogens with two attached hydrogens (primary N) is 1. The number of nitrogens with zero attached hydrogens (tertiary/aromatic N) is 1. The molecule has 15 heavy (non-hydrogen) atoms. The van der Waals surface area contributed by atoms with E-state index in [-0.39, 0.29) is 5.69 Å². The summed E-state index contributed by atoms with van der Waals surface area (Å²) in [7, 11) is 0. The molecule has 0 aliphatic heterocycles. The van der Waals surface area contributed by atoms with Crippen molar-refractivity contribution in [1.82, 2.24) is 4.98 Å². The number of halogens is 4. The van der Waals surface area contributed by atoms with Crippen molar-refractivity contribution in [1.29, 1.82) is 0 Å². The first kappa shape index (κ1) is 13.7. The molecule has 1 heterocycles. The van der Waals surface area contributed by atoms with Crippen LogP contribution < -0.4 is 5.73 Å². The van der Waals surface area contributed by atoms with E-state index in [0.717, 1.165) is 6.92 Å². The molecule has 0 saturated carbocycles. The predicted octanol–water partition coefficient (Wildman–Crippen LogP) is 3.16. The maximum absolute atomic E-state index is 12.6. The molecule has 0 saturated heterocycles. The highest BCUT2D eigenvalue weighted by molar-refractivity contribution is 5.36. The van der Waals surface area contributed by atoms with Crippen molar-refractivity contribution >= 4 is 5.82 Å². The van der Waals surface area contributed by atoms with Crippen molar-refractivity contribution < 1.29 is 17.6 Å². The highest BCUT2D eigenvalue weighted by Crippen LogP contribution is 2.32. The summed E-state index contributed by atoms with van der Waals surface area (Å²) >= 11 is 0. The van der Waals surface area contributed by atoms with Gasteiger partial charge in [0.25, 0.3) is 0 Å². The van der Waals surface area contributed by atoms with Gasteiger partial charge in [-0.25, -0.2) is 9.37 Å². The van der Waals surface area contributed by atoms with Crippen LogP contribution in [-0.4, -0.2) is 4.98 Å². The average Bonchev–Trinajstić information content (AvgIpc) is 2.13. The number of alkyl halides is 3. The lowest BCUT2D eigenvalue weighted by molar-refractivity contribution is -0.138. The van der Waals surface area contributed by atoms with Gasteiger partial charge < -0.3 is 5.73 Å². The van der Waals surface area contributed by atoms with Gasteiger partial charge in [-0.3, -0.25) is 0 Å². The number of nitrogen functional groups attached to an aromatic ring is 1. The molecule has 0 spiro atoms.